The van der Waals surface area contributed by atoms with Gasteiger partial charge in [0.25, 0.3) is 0 Å². The highest BCUT2D eigenvalue weighted by molar-refractivity contribution is 4.99. The van der Waals surface area contributed by atoms with Crippen LogP contribution in [0.5, 0.6) is 0 Å². The minimum absolute atomic E-state index is 1.15. The smallest absolute Gasteiger partial charge is 0.0324 e. The van der Waals surface area contributed by atoms with Crippen molar-refractivity contribution in [1.82, 2.24) is 0 Å². The van der Waals surface area contributed by atoms with E-state index >= 15 is 0 Å². The summed E-state index contributed by atoms with van der Waals surface area (Å²) in [6.07, 6.45) is 19.0. The van der Waals surface area contributed by atoms with Crippen molar-refractivity contribution in [3.8, 4) is 0 Å². The van der Waals surface area contributed by atoms with Crippen molar-refractivity contribution in [2.45, 2.75) is 77.0 Å². The lowest BCUT2D eigenvalue weighted by Crippen LogP contribution is -2.40. The summed E-state index contributed by atoms with van der Waals surface area (Å²) in [5.74, 6) is 7.00. The Bertz CT molecular complexity index is 268. The predicted molar refractivity (Wildman–Crippen MR) is 76.3 cm³/mol. The second-order valence-corrected chi connectivity index (χ2v) is 7.92. The van der Waals surface area contributed by atoms with Crippen molar-refractivity contribution in [3.63, 3.8) is 0 Å². The van der Waals surface area contributed by atoms with Gasteiger partial charge in [-0.1, -0.05) is 57.8 Å². The largest absolute Gasteiger partial charge is 0.0533 e. The fraction of sp³-hybridized carbons (Fsp3) is 1.00. The Balaban J connectivity index is 1.59. The first-order chi connectivity index (χ1) is 8.93. The van der Waals surface area contributed by atoms with Crippen LogP contribution in [0, 0.1) is 35.5 Å². The lowest BCUT2D eigenvalue weighted by molar-refractivity contribution is 0.0165. The van der Waals surface area contributed by atoms with Gasteiger partial charge in [0.2, 0.25) is 0 Å². The zero-order valence-corrected chi connectivity index (χ0v) is 11.9. The highest BCUT2D eigenvalue weighted by atomic mass is 14.5. The van der Waals surface area contributed by atoms with E-state index in [0.717, 1.165) is 17.8 Å². The number of hydrogen-bond acceptors (Lipinski definition) is 0. The molecule has 0 amide bonds. The third-order valence-corrected chi connectivity index (χ3v) is 7.22. The van der Waals surface area contributed by atoms with Gasteiger partial charge in [-0.3, -0.25) is 0 Å². The van der Waals surface area contributed by atoms with E-state index in [4.69, 9.17) is 0 Å². The summed E-state index contributed by atoms with van der Waals surface area (Å²) < 4.78 is 0. The van der Waals surface area contributed by atoms with Gasteiger partial charge in [-0.2, -0.15) is 0 Å². The van der Waals surface area contributed by atoms with Crippen LogP contribution >= 0.6 is 0 Å². The number of fused-ring (bicyclic) bond motifs is 2. The lowest BCUT2D eigenvalue weighted by atomic mass is 9.58. The van der Waals surface area contributed by atoms with Gasteiger partial charge < -0.3 is 0 Å². The molecule has 0 bridgehead atoms. The summed E-state index contributed by atoms with van der Waals surface area (Å²) >= 11 is 0. The topological polar surface area (TPSA) is 0 Å². The molecule has 4 unspecified atom stereocenters. The highest BCUT2D eigenvalue weighted by Gasteiger charge is 2.49. The predicted octanol–water partition coefficient (Wildman–Crippen LogP) is 5.42. The zero-order chi connectivity index (χ0) is 11.9. The minimum atomic E-state index is 1.15. The van der Waals surface area contributed by atoms with Gasteiger partial charge in [-0.25, -0.2) is 0 Å². The van der Waals surface area contributed by atoms with E-state index < -0.39 is 0 Å². The van der Waals surface area contributed by atoms with E-state index in [1.54, 1.807) is 70.6 Å². The quantitative estimate of drug-likeness (QED) is 0.579. The van der Waals surface area contributed by atoms with Crippen LogP contribution in [0.25, 0.3) is 0 Å². The summed E-state index contributed by atoms with van der Waals surface area (Å²) in [5.41, 5.74) is 0. The van der Waals surface area contributed by atoms with Gasteiger partial charge in [0.1, 0.15) is 0 Å². The third kappa shape index (κ3) is 1.86. The van der Waals surface area contributed by atoms with Crippen LogP contribution in [0.3, 0.4) is 0 Å². The molecular weight excluding hydrogens is 216 g/mol. The Morgan fingerprint density at radius 3 is 1.61 bits per heavy atom. The van der Waals surface area contributed by atoms with Gasteiger partial charge >= 0.3 is 0 Å². The van der Waals surface area contributed by atoms with Crippen LogP contribution in [-0.2, 0) is 0 Å². The second-order valence-electron chi connectivity index (χ2n) is 7.92. The van der Waals surface area contributed by atoms with E-state index in [2.05, 4.69) is 0 Å². The lowest BCUT2D eigenvalue weighted by Gasteiger charge is -2.47. The Kier molecular flexibility index (Phi) is 3.17. The maximum Gasteiger partial charge on any atom is -0.0324 e. The van der Waals surface area contributed by atoms with Gasteiger partial charge in [0.05, 0.1) is 0 Å². The second kappa shape index (κ2) is 4.84. The van der Waals surface area contributed by atoms with E-state index in [1.807, 2.05) is 0 Å². The molecule has 4 aliphatic rings. The maximum absolute atomic E-state index is 1.64. The molecule has 0 aromatic carbocycles. The van der Waals surface area contributed by atoms with Gasteiger partial charge in [-0.15, -0.1) is 0 Å². The summed E-state index contributed by atoms with van der Waals surface area (Å²) in [7, 11) is 0. The van der Waals surface area contributed by atoms with Gasteiger partial charge in [-0.05, 0) is 54.8 Å². The molecule has 0 spiro atoms. The van der Waals surface area contributed by atoms with Gasteiger partial charge in [0.15, 0.2) is 0 Å². The van der Waals surface area contributed by atoms with Crippen LogP contribution in [0.2, 0.25) is 0 Å². The minimum Gasteiger partial charge on any atom is -0.0533 e. The van der Waals surface area contributed by atoms with Crippen LogP contribution < -0.4 is 0 Å². The molecule has 4 aliphatic carbocycles. The summed E-state index contributed by atoms with van der Waals surface area (Å²) in [6.45, 7) is 0. The molecule has 0 aromatic heterocycles. The average Bonchev–Trinajstić information content (AvgIpc) is 3.04. The van der Waals surface area contributed by atoms with Crippen LogP contribution in [-0.4, -0.2) is 0 Å². The Labute approximate surface area is 113 Å². The summed E-state index contributed by atoms with van der Waals surface area (Å²) in [5, 5.41) is 0. The number of hydrogen-bond donors (Lipinski definition) is 0. The van der Waals surface area contributed by atoms with Crippen molar-refractivity contribution in [2.24, 2.45) is 35.5 Å². The first-order valence-corrected chi connectivity index (χ1v) is 8.93. The Hall–Kier alpha value is 0. The average molecular weight is 246 g/mol. The summed E-state index contributed by atoms with van der Waals surface area (Å²) in [4.78, 5) is 0. The van der Waals surface area contributed by atoms with Crippen molar-refractivity contribution in [3.05, 3.63) is 0 Å². The molecule has 0 heterocycles. The van der Waals surface area contributed by atoms with Crippen molar-refractivity contribution in [1.29, 1.82) is 0 Å². The number of rotatable bonds is 1. The monoisotopic (exact) mass is 246 g/mol. The summed E-state index contributed by atoms with van der Waals surface area (Å²) in [6, 6.07) is 0. The van der Waals surface area contributed by atoms with Crippen molar-refractivity contribution in [2.75, 3.05) is 0 Å². The molecular formula is C18H30. The van der Waals surface area contributed by atoms with Crippen molar-refractivity contribution >= 4 is 0 Å². The fourth-order valence-corrected chi connectivity index (χ4v) is 6.65. The van der Waals surface area contributed by atoms with Crippen molar-refractivity contribution < 1.29 is 0 Å². The first kappa shape index (κ1) is 11.8. The van der Waals surface area contributed by atoms with Gasteiger partial charge in [0, 0.05) is 0 Å². The molecule has 0 radical (unpaired) electrons. The third-order valence-electron chi connectivity index (χ3n) is 7.22. The molecule has 0 saturated heterocycles. The zero-order valence-electron chi connectivity index (χ0n) is 11.9. The standard InChI is InChI=1S/C18H30/c1-2-6-13(7-3-1)18-16-10-4-8-14(16)12-15-9-5-11-17(15)18/h13-18H,1-12H2/t14?,15?,16-,17?,18?/m1/s1. The molecule has 4 rings (SSSR count). The molecule has 5 atom stereocenters. The first-order valence-electron chi connectivity index (χ1n) is 8.93. The Morgan fingerprint density at radius 2 is 1.00 bits per heavy atom. The normalized spacial score (nSPS) is 49.0. The molecule has 102 valence electrons. The molecule has 0 aliphatic heterocycles. The van der Waals surface area contributed by atoms with E-state index in [0.29, 0.717) is 0 Å². The van der Waals surface area contributed by atoms with E-state index in [9.17, 15) is 0 Å². The molecule has 4 saturated carbocycles. The Morgan fingerprint density at radius 1 is 0.444 bits per heavy atom. The SMILES string of the molecule is C1CCC(C2C3CCCC3CC3CCC[C@H]32)CC1. The molecule has 18 heavy (non-hydrogen) atoms. The van der Waals surface area contributed by atoms with Crippen LogP contribution in [0.4, 0.5) is 0 Å². The molecule has 0 N–H and O–H groups in total. The molecule has 0 aromatic rings. The fourth-order valence-electron chi connectivity index (χ4n) is 6.65. The van der Waals surface area contributed by atoms with E-state index in [1.165, 1.54) is 24.2 Å². The molecule has 0 heteroatoms. The molecule has 0 nitrogen and oxygen atoms in total. The van der Waals surface area contributed by atoms with Crippen LogP contribution in [0.15, 0.2) is 0 Å². The van der Waals surface area contributed by atoms with E-state index in [-0.39, 0.29) is 0 Å². The highest BCUT2D eigenvalue weighted by Crippen LogP contribution is 2.58. The molecule has 4 fully saturated rings. The maximum atomic E-state index is 1.64. The van der Waals surface area contributed by atoms with Crippen LogP contribution in [0.1, 0.15) is 77.0 Å².